The van der Waals surface area contributed by atoms with Crippen LogP contribution < -0.4 is 16.0 Å². The Balaban J connectivity index is 2.60. The summed E-state index contributed by atoms with van der Waals surface area (Å²) in [6.45, 7) is 2.65. The van der Waals surface area contributed by atoms with Crippen LogP contribution in [0.5, 0.6) is 0 Å². The van der Waals surface area contributed by atoms with Gasteiger partial charge >= 0.3 is 0 Å². The third kappa shape index (κ3) is 4.88. The molecule has 1 amide bonds. The Hall–Kier alpha value is -1.60. The standard InChI is InChI=1S/C11H18ClN5O2/c1-7(10(18)14-4-5-19-3)16-9-8(12)6-15-11(13-2)17-9/h6-7H,4-5H2,1-3H3,(H,14,18)(H2,13,15,16,17). The van der Waals surface area contributed by atoms with Gasteiger partial charge in [0.15, 0.2) is 5.82 Å². The molecule has 1 heterocycles. The van der Waals surface area contributed by atoms with Gasteiger partial charge in [-0.3, -0.25) is 4.79 Å². The van der Waals surface area contributed by atoms with Gasteiger partial charge in [0, 0.05) is 20.7 Å². The van der Waals surface area contributed by atoms with Crippen LogP contribution in [0.1, 0.15) is 6.92 Å². The molecule has 0 saturated heterocycles. The Bertz CT molecular complexity index is 430. The largest absolute Gasteiger partial charge is 0.383 e. The minimum Gasteiger partial charge on any atom is -0.383 e. The first kappa shape index (κ1) is 15.5. The number of methoxy groups -OCH3 is 1. The fourth-order valence-electron chi connectivity index (χ4n) is 1.29. The Morgan fingerprint density at radius 2 is 2.32 bits per heavy atom. The number of anilines is 2. The maximum Gasteiger partial charge on any atom is 0.242 e. The monoisotopic (exact) mass is 287 g/mol. The van der Waals surface area contributed by atoms with Crippen molar-refractivity contribution in [2.24, 2.45) is 0 Å². The van der Waals surface area contributed by atoms with Crippen LogP contribution in [0.15, 0.2) is 6.20 Å². The molecule has 1 unspecified atom stereocenters. The summed E-state index contributed by atoms with van der Waals surface area (Å²) in [6, 6.07) is -0.464. The molecular weight excluding hydrogens is 270 g/mol. The highest BCUT2D eigenvalue weighted by Gasteiger charge is 2.14. The minimum absolute atomic E-state index is 0.155. The van der Waals surface area contributed by atoms with E-state index < -0.39 is 6.04 Å². The summed E-state index contributed by atoms with van der Waals surface area (Å²) in [5, 5.41) is 8.82. The number of carbonyl (C=O) groups excluding carboxylic acids is 1. The molecule has 0 fully saturated rings. The molecule has 0 saturated carbocycles. The van der Waals surface area contributed by atoms with Crippen molar-refractivity contribution in [2.75, 3.05) is 37.9 Å². The second kappa shape index (κ2) is 7.75. The van der Waals surface area contributed by atoms with Gasteiger partial charge in [-0.25, -0.2) is 4.98 Å². The fraction of sp³-hybridized carbons (Fsp3) is 0.545. The molecule has 3 N–H and O–H groups in total. The highest BCUT2D eigenvalue weighted by Crippen LogP contribution is 2.19. The number of hydrogen-bond donors (Lipinski definition) is 3. The lowest BCUT2D eigenvalue weighted by atomic mass is 10.3. The number of nitrogens with one attached hydrogen (secondary N) is 3. The van der Waals surface area contributed by atoms with Crippen LogP contribution in [0.2, 0.25) is 5.02 Å². The van der Waals surface area contributed by atoms with Crippen LogP contribution in [0.4, 0.5) is 11.8 Å². The van der Waals surface area contributed by atoms with Gasteiger partial charge in [-0.2, -0.15) is 4.98 Å². The lowest BCUT2D eigenvalue weighted by Gasteiger charge is -2.15. The first-order valence-electron chi connectivity index (χ1n) is 5.82. The van der Waals surface area contributed by atoms with Crippen LogP contribution in [-0.4, -0.2) is 49.2 Å². The molecule has 8 heteroatoms. The summed E-state index contributed by atoms with van der Waals surface area (Å²) >= 11 is 5.96. The molecule has 0 bridgehead atoms. The molecule has 0 aliphatic carbocycles. The highest BCUT2D eigenvalue weighted by atomic mass is 35.5. The minimum atomic E-state index is -0.464. The van der Waals surface area contributed by atoms with Crippen molar-refractivity contribution in [3.05, 3.63) is 11.2 Å². The Kier molecular flexibility index (Phi) is 6.31. The van der Waals surface area contributed by atoms with Crippen LogP contribution in [0.3, 0.4) is 0 Å². The lowest BCUT2D eigenvalue weighted by molar-refractivity contribution is -0.121. The van der Waals surface area contributed by atoms with Gasteiger partial charge in [0.2, 0.25) is 11.9 Å². The van der Waals surface area contributed by atoms with E-state index >= 15 is 0 Å². The van der Waals surface area contributed by atoms with Crippen molar-refractivity contribution in [1.82, 2.24) is 15.3 Å². The van der Waals surface area contributed by atoms with Gasteiger partial charge < -0.3 is 20.7 Å². The SMILES string of the molecule is CNc1ncc(Cl)c(NC(C)C(=O)NCCOC)n1. The smallest absolute Gasteiger partial charge is 0.242 e. The van der Waals surface area contributed by atoms with Gasteiger partial charge in [0.25, 0.3) is 0 Å². The number of nitrogens with zero attached hydrogens (tertiary/aromatic N) is 2. The van der Waals surface area contributed by atoms with Gasteiger partial charge in [-0.05, 0) is 6.92 Å². The summed E-state index contributed by atoms with van der Waals surface area (Å²) in [7, 11) is 3.28. The van der Waals surface area contributed by atoms with E-state index in [0.29, 0.717) is 29.9 Å². The van der Waals surface area contributed by atoms with E-state index in [1.807, 2.05) is 0 Å². The number of hydrogen-bond acceptors (Lipinski definition) is 6. The lowest BCUT2D eigenvalue weighted by Crippen LogP contribution is -2.39. The Morgan fingerprint density at radius 1 is 1.58 bits per heavy atom. The summed E-state index contributed by atoms with van der Waals surface area (Å²) in [5.74, 6) is 0.687. The second-order valence-electron chi connectivity index (χ2n) is 3.79. The highest BCUT2D eigenvalue weighted by molar-refractivity contribution is 6.32. The summed E-state index contributed by atoms with van der Waals surface area (Å²) in [6.07, 6.45) is 1.47. The maximum atomic E-state index is 11.8. The predicted octanol–water partition coefficient (Wildman–Crippen LogP) is 0.735. The van der Waals surface area contributed by atoms with E-state index in [-0.39, 0.29) is 5.91 Å². The Morgan fingerprint density at radius 3 is 2.95 bits per heavy atom. The van der Waals surface area contributed by atoms with Crippen molar-refractivity contribution < 1.29 is 9.53 Å². The van der Waals surface area contributed by atoms with Crippen molar-refractivity contribution >= 4 is 29.3 Å². The molecule has 1 rings (SSSR count). The van der Waals surface area contributed by atoms with Gasteiger partial charge in [0.05, 0.1) is 12.8 Å². The zero-order valence-corrected chi connectivity index (χ0v) is 11.9. The number of ether oxygens (including phenoxy) is 1. The van der Waals surface area contributed by atoms with Gasteiger partial charge in [0.1, 0.15) is 11.1 Å². The van der Waals surface area contributed by atoms with Crippen molar-refractivity contribution in [2.45, 2.75) is 13.0 Å². The average molecular weight is 288 g/mol. The normalized spacial score (nSPS) is 11.8. The van der Waals surface area contributed by atoms with E-state index in [4.69, 9.17) is 16.3 Å². The first-order valence-corrected chi connectivity index (χ1v) is 6.19. The summed E-state index contributed by atoms with van der Waals surface area (Å²) in [4.78, 5) is 19.9. The van der Waals surface area contributed by atoms with E-state index in [1.54, 1.807) is 21.1 Å². The van der Waals surface area contributed by atoms with Crippen LogP contribution >= 0.6 is 11.6 Å². The molecule has 0 aromatic carbocycles. The van der Waals surface area contributed by atoms with Gasteiger partial charge in [-0.15, -0.1) is 0 Å². The predicted molar refractivity (Wildman–Crippen MR) is 74.6 cm³/mol. The topological polar surface area (TPSA) is 88.2 Å². The third-order valence-electron chi connectivity index (χ3n) is 2.32. The van der Waals surface area contributed by atoms with Crippen molar-refractivity contribution in [1.29, 1.82) is 0 Å². The molecule has 0 spiro atoms. The fourth-order valence-corrected chi connectivity index (χ4v) is 1.43. The van der Waals surface area contributed by atoms with Crippen LogP contribution in [0, 0.1) is 0 Å². The zero-order chi connectivity index (χ0) is 14.3. The molecule has 1 aromatic rings. The number of aromatic nitrogens is 2. The zero-order valence-electron chi connectivity index (χ0n) is 11.2. The Labute approximate surface area is 117 Å². The molecule has 0 aliphatic heterocycles. The molecule has 0 aliphatic rings. The van der Waals surface area contributed by atoms with E-state index in [2.05, 4.69) is 25.9 Å². The molecule has 0 radical (unpaired) electrons. The molecular formula is C11H18ClN5O2. The second-order valence-corrected chi connectivity index (χ2v) is 4.20. The summed E-state index contributed by atoms with van der Waals surface area (Å²) in [5.41, 5.74) is 0. The van der Waals surface area contributed by atoms with E-state index in [1.165, 1.54) is 6.20 Å². The number of carbonyl (C=O) groups is 1. The first-order chi connectivity index (χ1) is 9.08. The number of amides is 1. The maximum absolute atomic E-state index is 11.8. The van der Waals surface area contributed by atoms with Crippen molar-refractivity contribution in [3.8, 4) is 0 Å². The van der Waals surface area contributed by atoms with E-state index in [0.717, 1.165) is 0 Å². The quantitative estimate of drug-likeness (QED) is 0.641. The molecule has 7 nitrogen and oxygen atoms in total. The van der Waals surface area contributed by atoms with E-state index in [9.17, 15) is 4.79 Å². The average Bonchev–Trinajstić information content (AvgIpc) is 2.41. The number of rotatable bonds is 7. The van der Waals surface area contributed by atoms with Crippen LogP contribution in [0.25, 0.3) is 0 Å². The molecule has 1 atom stereocenters. The third-order valence-corrected chi connectivity index (χ3v) is 2.60. The molecule has 106 valence electrons. The van der Waals surface area contributed by atoms with Crippen molar-refractivity contribution in [3.63, 3.8) is 0 Å². The number of halogens is 1. The summed E-state index contributed by atoms with van der Waals surface area (Å²) < 4.78 is 4.85. The van der Waals surface area contributed by atoms with Gasteiger partial charge in [-0.1, -0.05) is 11.6 Å². The molecule has 19 heavy (non-hydrogen) atoms. The molecule has 1 aromatic heterocycles. The van der Waals surface area contributed by atoms with Crippen LogP contribution in [-0.2, 0) is 9.53 Å².